The van der Waals surface area contributed by atoms with E-state index in [1.54, 1.807) is 13.8 Å². The highest BCUT2D eigenvalue weighted by Crippen LogP contribution is 2.13. The summed E-state index contributed by atoms with van der Waals surface area (Å²) >= 11 is 0. The Hall–Kier alpha value is -1.62. The minimum absolute atomic E-state index is 0.0746. The van der Waals surface area contributed by atoms with Crippen molar-refractivity contribution in [2.24, 2.45) is 0 Å². The molecule has 4 N–H and O–H groups in total. The van der Waals surface area contributed by atoms with Crippen LogP contribution in [-0.4, -0.2) is 23.2 Å². The van der Waals surface area contributed by atoms with Crippen molar-refractivity contribution >= 4 is 11.6 Å². The summed E-state index contributed by atoms with van der Waals surface area (Å²) in [6.07, 6.45) is 0. The number of nitrogen functional groups attached to an aromatic ring is 1. The lowest BCUT2D eigenvalue weighted by molar-refractivity contribution is 0.0869. The summed E-state index contributed by atoms with van der Waals surface area (Å²) in [7, 11) is 0. The van der Waals surface area contributed by atoms with E-state index in [0.717, 1.165) is 6.07 Å². The molecule has 0 spiro atoms. The van der Waals surface area contributed by atoms with E-state index in [9.17, 15) is 9.18 Å². The molecule has 0 aliphatic carbocycles. The molecule has 0 fully saturated rings. The zero-order chi connectivity index (χ0) is 12.3. The monoisotopic (exact) mass is 226 g/mol. The van der Waals surface area contributed by atoms with Crippen LogP contribution in [0.5, 0.6) is 0 Å². The highest BCUT2D eigenvalue weighted by atomic mass is 19.1. The molecular formula is C11H15FN2O2. The van der Waals surface area contributed by atoms with Gasteiger partial charge in [0.1, 0.15) is 5.82 Å². The molecule has 5 heteroatoms. The van der Waals surface area contributed by atoms with Gasteiger partial charge in [-0.05, 0) is 32.0 Å². The van der Waals surface area contributed by atoms with E-state index in [-0.39, 0.29) is 17.9 Å². The lowest BCUT2D eigenvalue weighted by Crippen LogP contribution is -2.46. The van der Waals surface area contributed by atoms with E-state index in [1.165, 1.54) is 12.1 Å². The first-order valence-corrected chi connectivity index (χ1v) is 4.84. The van der Waals surface area contributed by atoms with Gasteiger partial charge in [-0.25, -0.2) is 4.39 Å². The summed E-state index contributed by atoms with van der Waals surface area (Å²) in [4.78, 5) is 11.7. The fourth-order valence-electron chi connectivity index (χ4n) is 1.10. The standard InChI is InChI=1S/C11H15FN2O2/c1-11(2,6-15)14-10(16)7-3-4-8(12)9(13)5-7/h3-5,15H,6,13H2,1-2H3,(H,14,16). The topological polar surface area (TPSA) is 75.3 Å². The van der Waals surface area contributed by atoms with Gasteiger partial charge in [0, 0.05) is 5.56 Å². The summed E-state index contributed by atoms with van der Waals surface area (Å²) in [6, 6.07) is 3.74. The van der Waals surface area contributed by atoms with Crippen molar-refractivity contribution in [1.82, 2.24) is 5.32 Å². The molecule has 1 amide bonds. The van der Waals surface area contributed by atoms with Crippen LogP contribution < -0.4 is 11.1 Å². The number of aliphatic hydroxyl groups is 1. The smallest absolute Gasteiger partial charge is 0.251 e. The number of amides is 1. The number of aliphatic hydroxyl groups excluding tert-OH is 1. The molecule has 0 aromatic heterocycles. The van der Waals surface area contributed by atoms with Crippen LogP contribution in [0.3, 0.4) is 0 Å². The molecule has 0 aliphatic rings. The Kier molecular flexibility index (Phi) is 3.49. The second kappa shape index (κ2) is 4.49. The van der Waals surface area contributed by atoms with Gasteiger partial charge in [-0.1, -0.05) is 0 Å². The van der Waals surface area contributed by atoms with Crippen molar-refractivity contribution in [2.75, 3.05) is 12.3 Å². The average Bonchev–Trinajstić information content (AvgIpc) is 2.21. The fourth-order valence-corrected chi connectivity index (χ4v) is 1.10. The van der Waals surface area contributed by atoms with Gasteiger partial charge in [-0.2, -0.15) is 0 Å². The Morgan fingerprint density at radius 2 is 2.19 bits per heavy atom. The number of carbonyl (C=O) groups excluding carboxylic acids is 1. The third kappa shape index (κ3) is 2.93. The van der Waals surface area contributed by atoms with Gasteiger partial charge < -0.3 is 16.2 Å². The van der Waals surface area contributed by atoms with E-state index in [0.29, 0.717) is 0 Å². The van der Waals surface area contributed by atoms with Crippen LogP contribution in [0.4, 0.5) is 10.1 Å². The molecule has 0 atom stereocenters. The first kappa shape index (κ1) is 12.4. The molecule has 0 aliphatic heterocycles. The Balaban J connectivity index is 2.85. The van der Waals surface area contributed by atoms with Crippen LogP contribution in [0.15, 0.2) is 18.2 Å². The van der Waals surface area contributed by atoms with E-state index in [1.807, 2.05) is 0 Å². The molecular weight excluding hydrogens is 211 g/mol. The predicted molar refractivity (Wildman–Crippen MR) is 59.4 cm³/mol. The van der Waals surface area contributed by atoms with E-state index < -0.39 is 17.3 Å². The third-order valence-corrected chi connectivity index (χ3v) is 2.11. The van der Waals surface area contributed by atoms with Crippen LogP contribution >= 0.6 is 0 Å². The normalized spacial score (nSPS) is 11.2. The molecule has 1 rings (SSSR count). The second-order valence-electron chi connectivity index (χ2n) is 4.23. The molecule has 0 unspecified atom stereocenters. The highest BCUT2D eigenvalue weighted by Gasteiger charge is 2.20. The van der Waals surface area contributed by atoms with Crippen molar-refractivity contribution in [3.05, 3.63) is 29.6 Å². The van der Waals surface area contributed by atoms with Crippen molar-refractivity contribution < 1.29 is 14.3 Å². The molecule has 88 valence electrons. The van der Waals surface area contributed by atoms with Gasteiger partial charge in [-0.3, -0.25) is 4.79 Å². The second-order valence-corrected chi connectivity index (χ2v) is 4.23. The van der Waals surface area contributed by atoms with Gasteiger partial charge in [0.25, 0.3) is 5.91 Å². The summed E-state index contributed by atoms with van der Waals surface area (Å²) in [6.45, 7) is 3.17. The minimum Gasteiger partial charge on any atom is -0.396 e. The fraction of sp³-hybridized carbons (Fsp3) is 0.364. The number of anilines is 1. The van der Waals surface area contributed by atoms with Crippen molar-refractivity contribution in [2.45, 2.75) is 19.4 Å². The Morgan fingerprint density at radius 3 is 2.69 bits per heavy atom. The Morgan fingerprint density at radius 1 is 1.56 bits per heavy atom. The average molecular weight is 226 g/mol. The number of nitrogens with one attached hydrogen (secondary N) is 1. The lowest BCUT2D eigenvalue weighted by Gasteiger charge is -2.23. The van der Waals surface area contributed by atoms with Gasteiger partial charge in [0.05, 0.1) is 17.8 Å². The maximum atomic E-state index is 12.9. The zero-order valence-electron chi connectivity index (χ0n) is 9.25. The number of hydrogen-bond donors (Lipinski definition) is 3. The van der Waals surface area contributed by atoms with Crippen LogP contribution in [0.2, 0.25) is 0 Å². The molecule has 0 saturated heterocycles. The quantitative estimate of drug-likeness (QED) is 0.670. The summed E-state index contributed by atoms with van der Waals surface area (Å²) in [5.74, 6) is -0.955. The first-order valence-electron chi connectivity index (χ1n) is 4.84. The van der Waals surface area contributed by atoms with Crippen LogP contribution in [0, 0.1) is 5.82 Å². The van der Waals surface area contributed by atoms with Crippen molar-refractivity contribution in [1.29, 1.82) is 0 Å². The zero-order valence-corrected chi connectivity index (χ0v) is 9.25. The first-order chi connectivity index (χ1) is 7.35. The van der Waals surface area contributed by atoms with E-state index in [2.05, 4.69) is 5.32 Å². The van der Waals surface area contributed by atoms with Crippen LogP contribution in [-0.2, 0) is 0 Å². The summed E-state index contributed by atoms with van der Waals surface area (Å²) in [5.41, 5.74) is 4.82. The SMILES string of the molecule is CC(C)(CO)NC(=O)c1ccc(F)c(N)c1. The maximum Gasteiger partial charge on any atom is 0.251 e. The van der Waals surface area contributed by atoms with E-state index >= 15 is 0 Å². The molecule has 4 nitrogen and oxygen atoms in total. The van der Waals surface area contributed by atoms with Gasteiger partial charge >= 0.3 is 0 Å². The molecule has 0 bridgehead atoms. The summed E-state index contributed by atoms with van der Waals surface area (Å²) in [5, 5.41) is 11.6. The van der Waals surface area contributed by atoms with Gasteiger partial charge in [0.2, 0.25) is 0 Å². The molecule has 0 saturated carbocycles. The maximum absolute atomic E-state index is 12.9. The number of rotatable bonds is 3. The number of carbonyl (C=O) groups is 1. The minimum atomic E-state index is -0.722. The molecule has 1 aromatic rings. The van der Waals surface area contributed by atoms with Crippen LogP contribution in [0.25, 0.3) is 0 Å². The Labute approximate surface area is 93.3 Å². The van der Waals surface area contributed by atoms with Gasteiger partial charge in [-0.15, -0.1) is 0 Å². The third-order valence-electron chi connectivity index (χ3n) is 2.11. The van der Waals surface area contributed by atoms with Gasteiger partial charge in [0.15, 0.2) is 0 Å². The molecule has 0 heterocycles. The number of halogens is 1. The number of hydrogen-bond acceptors (Lipinski definition) is 3. The number of benzene rings is 1. The Bertz CT molecular complexity index is 405. The lowest BCUT2D eigenvalue weighted by atomic mass is 10.1. The highest BCUT2D eigenvalue weighted by molar-refractivity contribution is 5.95. The largest absolute Gasteiger partial charge is 0.396 e. The molecule has 1 aromatic carbocycles. The van der Waals surface area contributed by atoms with Crippen LogP contribution in [0.1, 0.15) is 24.2 Å². The molecule has 16 heavy (non-hydrogen) atoms. The van der Waals surface area contributed by atoms with Crippen molar-refractivity contribution in [3.63, 3.8) is 0 Å². The van der Waals surface area contributed by atoms with Crippen molar-refractivity contribution in [3.8, 4) is 0 Å². The number of nitrogens with two attached hydrogens (primary N) is 1. The molecule has 0 radical (unpaired) electrons. The predicted octanol–water partition coefficient (Wildman–Crippen LogP) is 0.909. The summed E-state index contributed by atoms with van der Waals surface area (Å²) < 4.78 is 12.9. The van der Waals surface area contributed by atoms with E-state index in [4.69, 9.17) is 10.8 Å².